The first-order valence-corrected chi connectivity index (χ1v) is 11.9. The summed E-state index contributed by atoms with van der Waals surface area (Å²) in [5.74, 6) is 0.371. The van der Waals surface area contributed by atoms with Gasteiger partial charge in [0.1, 0.15) is 11.0 Å². The molecule has 2 aliphatic rings. The van der Waals surface area contributed by atoms with Crippen molar-refractivity contribution in [2.24, 2.45) is 4.99 Å². The second-order valence-corrected chi connectivity index (χ2v) is 9.56. The van der Waals surface area contributed by atoms with Crippen LogP contribution in [-0.2, 0) is 9.59 Å². The second kappa shape index (κ2) is 9.77. The van der Waals surface area contributed by atoms with Crippen LogP contribution in [0.2, 0.25) is 0 Å². The van der Waals surface area contributed by atoms with E-state index in [0.717, 1.165) is 36.9 Å². The summed E-state index contributed by atoms with van der Waals surface area (Å²) in [5.41, 5.74) is 3.73. The molecule has 6 nitrogen and oxygen atoms in total. The first-order valence-electron chi connectivity index (χ1n) is 11.0. The molecule has 0 radical (unpaired) electrons. The lowest BCUT2D eigenvalue weighted by molar-refractivity contribution is -0.129. The standard InChI is InChI=1S/C25H29N3O3S/c1-16-12-13-19(17(2)14-16)27-25-28(18-8-4-5-9-18)24(30)22(32-25)15-23(29)26-20-10-6-7-11-21(20)31-3/h6-7,10-14,18,22H,4-5,8-9,15H2,1-3H3,(H,26,29). The first kappa shape index (κ1) is 22.4. The number of amides is 2. The number of aliphatic imine (C=N–C) groups is 1. The van der Waals surface area contributed by atoms with Gasteiger partial charge in [-0.3, -0.25) is 14.5 Å². The van der Waals surface area contributed by atoms with Gasteiger partial charge in [-0.25, -0.2) is 4.99 Å². The zero-order valence-electron chi connectivity index (χ0n) is 18.8. The molecule has 7 heteroatoms. The molecule has 4 rings (SSSR count). The zero-order chi connectivity index (χ0) is 22.7. The third-order valence-corrected chi connectivity index (χ3v) is 7.13. The Labute approximate surface area is 193 Å². The van der Waals surface area contributed by atoms with Gasteiger partial charge in [0.2, 0.25) is 11.8 Å². The van der Waals surface area contributed by atoms with E-state index >= 15 is 0 Å². The Morgan fingerprint density at radius 3 is 2.66 bits per heavy atom. The number of carbonyl (C=O) groups is 2. The van der Waals surface area contributed by atoms with Gasteiger partial charge in [0.05, 0.1) is 18.5 Å². The molecule has 32 heavy (non-hydrogen) atoms. The summed E-state index contributed by atoms with van der Waals surface area (Å²) in [7, 11) is 1.57. The number of hydrogen-bond acceptors (Lipinski definition) is 5. The number of amidine groups is 1. The van der Waals surface area contributed by atoms with E-state index in [1.54, 1.807) is 19.2 Å². The van der Waals surface area contributed by atoms with Crippen LogP contribution in [0.3, 0.4) is 0 Å². The molecule has 1 saturated carbocycles. The fraction of sp³-hybridized carbons (Fsp3) is 0.400. The molecular weight excluding hydrogens is 422 g/mol. The molecule has 0 bridgehead atoms. The summed E-state index contributed by atoms with van der Waals surface area (Å²) in [5, 5.41) is 3.12. The predicted molar refractivity (Wildman–Crippen MR) is 130 cm³/mol. The number of ether oxygens (including phenoxy) is 1. The SMILES string of the molecule is COc1ccccc1NC(=O)CC1SC(=Nc2ccc(C)cc2C)N(C2CCCC2)C1=O. The number of rotatable bonds is 6. The van der Waals surface area contributed by atoms with E-state index < -0.39 is 5.25 Å². The van der Waals surface area contributed by atoms with E-state index in [4.69, 9.17) is 9.73 Å². The van der Waals surface area contributed by atoms with Gasteiger partial charge in [-0.05, 0) is 50.5 Å². The predicted octanol–water partition coefficient (Wildman–Crippen LogP) is 5.21. The molecule has 1 aliphatic carbocycles. The summed E-state index contributed by atoms with van der Waals surface area (Å²) in [6, 6.07) is 13.6. The fourth-order valence-corrected chi connectivity index (χ4v) is 5.55. The smallest absolute Gasteiger partial charge is 0.242 e. The van der Waals surface area contributed by atoms with Gasteiger partial charge in [0.15, 0.2) is 5.17 Å². The van der Waals surface area contributed by atoms with Crippen LogP contribution in [0.5, 0.6) is 5.75 Å². The molecule has 1 N–H and O–H groups in total. The highest BCUT2D eigenvalue weighted by Gasteiger charge is 2.43. The van der Waals surface area contributed by atoms with Crippen LogP contribution < -0.4 is 10.1 Å². The molecule has 2 aromatic rings. The van der Waals surface area contributed by atoms with Gasteiger partial charge in [-0.15, -0.1) is 0 Å². The number of nitrogens with one attached hydrogen (secondary N) is 1. The van der Waals surface area contributed by atoms with Crippen LogP contribution in [0.25, 0.3) is 0 Å². The number of carbonyl (C=O) groups excluding carboxylic acids is 2. The highest BCUT2D eigenvalue weighted by atomic mass is 32.2. The van der Waals surface area contributed by atoms with Crippen molar-refractivity contribution in [2.75, 3.05) is 12.4 Å². The lowest BCUT2D eigenvalue weighted by Gasteiger charge is -2.23. The normalized spacial score (nSPS) is 20.2. The number of methoxy groups -OCH3 is 1. The monoisotopic (exact) mass is 451 g/mol. The van der Waals surface area contributed by atoms with E-state index in [1.807, 2.05) is 36.1 Å². The van der Waals surface area contributed by atoms with Gasteiger partial charge in [-0.2, -0.15) is 0 Å². The summed E-state index contributed by atoms with van der Waals surface area (Å²) in [4.78, 5) is 32.9. The number of hydrogen-bond donors (Lipinski definition) is 1. The van der Waals surface area contributed by atoms with Crippen LogP contribution in [0.4, 0.5) is 11.4 Å². The number of aryl methyl sites for hydroxylation is 2. The highest BCUT2D eigenvalue weighted by Crippen LogP contribution is 2.38. The van der Waals surface area contributed by atoms with Crippen LogP contribution >= 0.6 is 11.8 Å². The minimum atomic E-state index is -0.477. The summed E-state index contributed by atoms with van der Waals surface area (Å²) >= 11 is 1.40. The fourth-order valence-electron chi connectivity index (χ4n) is 4.34. The number of para-hydroxylation sites is 2. The average Bonchev–Trinajstić information content (AvgIpc) is 3.39. The molecule has 2 aromatic carbocycles. The Morgan fingerprint density at radius 2 is 1.94 bits per heavy atom. The van der Waals surface area contributed by atoms with E-state index in [-0.39, 0.29) is 24.3 Å². The number of benzene rings is 2. The van der Waals surface area contributed by atoms with Crippen LogP contribution in [-0.4, -0.2) is 40.3 Å². The number of thioether (sulfide) groups is 1. The minimum absolute atomic E-state index is 0.0133. The third-order valence-electron chi connectivity index (χ3n) is 5.98. The van der Waals surface area contributed by atoms with Crippen molar-refractivity contribution >= 4 is 40.1 Å². The van der Waals surface area contributed by atoms with E-state index in [0.29, 0.717) is 16.6 Å². The lowest BCUT2D eigenvalue weighted by atomic mass is 10.1. The van der Waals surface area contributed by atoms with Crippen molar-refractivity contribution in [1.82, 2.24) is 4.90 Å². The van der Waals surface area contributed by atoms with E-state index in [9.17, 15) is 9.59 Å². The molecule has 1 aliphatic heterocycles. The Kier molecular flexibility index (Phi) is 6.84. The van der Waals surface area contributed by atoms with Gasteiger partial charge >= 0.3 is 0 Å². The topological polar surface area (TPSA) is 71.0 Å². The Bertz CT molecular complexity index is 1050. The highest BCUT2D eigenvalue weighted by molar-refractivity contribution is 8.15. The molecule has 1 unspecified atom stereocenters. The van der Waals surface area contributed by atoms with Gasteiger partial charge in [-0.1, -0.05) is 54.4 Å². The molecule has 0 aromatic heterocycles. The van der Waals surface area contributed by atoms with E-state index in [2.05, 4.69) is 18.3 Å². The van der Waals surface area contributed by atoms with Crippen molar-refractivity contribution in [3.8, 4) is 5.75 Å². The second-order valence-electron chi connectivity index (χ2n) is 8.39. The molecule has 2 fully saturated rings. The maximum atomic E-state index is 13.4. The van der Waals surface area contributed by atoms with Gasteiger partial charge in [0, 0.05) is 12.5 Å². The summed E-state index contributed by atoms with van der Waals surface area (Å²) in [6.07, 6.45) is 4.30. The maximum Gasteiger partial charge on any atom is 0.242 e. The number of nitrogens with zero attached hydrogens (tertiary/aromatic N) is 2. The Balaban J connectivity index is 1.55. The maximum absolute atomic E-state index is 13.4. The van der Waals surface area contributed by atoms with Crippen molar-refractivity contribution in [1.29, 1.82) is 0 Å². The van der Waals surface area contributed by atoms with Crippen LogP contribution in [0.15, 0.2) is 47.5 Å². The van der Waals surface area contributed by atoms with Crippen LogP contribution in [0.1, 0.15) is 43.2 Å². The summed E-state index contributed by atoms with van der Waals surface area (Å²) < 4.78 is 5.31. The molecule has 1 saturated heterocycles. The lowest BCUT2D eigenvalue weighted by Crippen LogP contribution is -2.40. The molecule has 1 heterocycles. The van der Waals surface area contributed by atoms with Gasteiger partial charge < -0.3 is 10.1 Å². The Hall–Kier alpha value is -2.80. The molecule has 0 spiro atoms. The van der Waals surface area contributed by atoms with Crippen LogP contribution in [0, 0.1) is 13.8 Å². The molecule has 1 atom stereocenters. The average molecular weight is 452 g/mol. The first-order chi connectivity index (χ1) is 15.5. The minimum Gasteiger partial charge on any atom is -0.495 e. The summed E-state index contributed by atoms with van der Waals surface area (Å²) in [6.45, 7) is 4.09. The van der Waals surface area contributed by atoms with Crippen molar-refractivity contribution < 1.29 is 14.3 Å². The van der Waals surface area contributed by atoms with Crippen molar-refractivity contribution in [2.45, 2.75) is 57.2 Å². The van der Waals surface area contributed by atoms with Crippen molar-refractivity contribution in [3.63, 3.8) is 0 Å². The number of anilines is 1. The zero-order valence-corrected chi connectivity index (χ0v) is 19.6. The van der Waals surface area contributed by atoms with E-state index in [1.165, 1.54) is 17.3 Å². The molecular formula is C25H29N3O3S. The van der Waals surface area contributed by atoms with Gasteiger partial charge in [0.25, 0.3) is 0 Å². The quantitative estimate of drug-likeness (QED) is 0.654. The molecule has 2 amide bonds. The largest absolute Gasteiger partial charge is 0.495 e. The Morgan fingerprint density at radius 1 is 1.19 bits per heavy atom. The molecule has 168 valence electrons. The third kappa shape index (κ3) is 4.83. The van der Waals surface area contributed by atoms with Crippen molar-refractivity contribution in [3.05, 3.63) is 53.6 Å².